The van der Waals surface area contributed by atoms with E-state index in [2.05, 4.69) is 65.3 Å². The largest absolute Gasteiger partial charge is 0.338 e. The topological polar surface area (TPSA) is 23.6 Å². The number of benzene rings is 3. The van der Waals surface area contributed by atoms with E-state index < -0.39 is 0 Å². The maximum atomic E-state index is 13.4. The van der Waals surface area contributed by atoms with Crippen LogP contribution in [0.2, 0.25) is 0 Å². The zero-order valence-electron chi connectivity index (χ0n) is 18.4. The lowest BCUT2D eigenvalue weighted by molar-refractivity contribution is 0.0782. The number of piperidine rings is 1. The molecule has 0 aromatic heterocycles. The number of amides is 1. The molecule has 0 bridgehead atoms. The second kappa shape index (κ2) is 8.84. The Morgan fingerprint density at radius 3 is 2.39 bits per heavy atom. The molecular formula is C28H32N2O. The molecule has 2 unspecified atom stereocenters. The Kier molecular flexibility index (Phi) is 5.78. The van der Waals surface area contributed by atoms with Crippen molar-refractivity contribution in [1.29, 1.82) is 0 Å². The Morgan fingerprint density at radius 1 is 0.871 bits per heavy atom. The number of likely N-dealkylation sites (tertiary alicyclic amines) is 2. The molecular weight excluding hydrogens is 380 g/mol. The zero-order valence-corrected chi connectivity index (χ0v) is 18.4. The first-order chi connectivity index (χ1) is 15.2. The molecule has 2 aliphatic rings. The molecule has 3 aromatic rings. The summed E-state index contributed by atoms with van der Waals surface area (Å²) in [5, 5.41) is 2.20. The van der Waals surface area contributed by atoms with Crippen LogP contribution in [-0.4, -0.2) is 48.4 Å². The molecule has 0 radical (unpaired) electrons. The van der Waals surface area contributed by atoms with Gasteiger partial charge in [-0.3, -0.25) is 4.79 Å². The molecule has 160 valence electrons. The van der Waals surface area contributed by atoms with Gasteiger partial charge < -0.3 is 9.80 Å². The van der Waals surface area contributed by atoms with Crippen molar-refractivity contribution in [3.63, 3.8) is 0 Å². The van der Waals surface area contributed by atoms with Gasteiger partial charge >= 0.3 is 0 Å². The summed E-state index contributed by atoms with van der Waals surface area (Å²) >= 11 is 0. The minimum atomic E-state index is 0.189. The van der Waals surface area contributed by atoms with Crippen LogP contribution >= 0.6 is 0 Å². The van der Waals surface area contributed by atoms with E-state index in [0.717, 1.165) is 36.0 Å². The van der Waals surface area contributed by atoms with E-state index in [1.165, 1.54) is 31.5 Å². The molecule has 3 nitrogen and oxygen atoms in total. The Morgan fingerprint density at radius 2 is 1.58 bits per heavy atom. The van der Waals surface area contributed by atoms with E-state index in [0.29, 0.717) is 17.8 Å². The van der Waals surface area contributed by atoms with Gasteiger partial charge in [-0.2, -0.15) is 0 Å². The van der Waals surface area contributed by atoms with Crippen LogP contribution in [0.1, 0.15) is 41.6 Å². The van der Waals surface area contributed by atoms with Gasteiger partial charge in [0.15, 0.2) is 0 Å². The first kappa shape index (κ1) is 20.3. The molecule has 0 aliphatic carbocycles. The van der Waals surface area contributed by atoms with Crippen LogP contribution in [0.4, 0.5) is 0 Å². The lowest BCUT2D eigenvalue weighted by Crippen LogP contribution is -2.38. The van der Waals surface area contributed by atoms with Crippen molar-refractivity contribution in [3.8, 4) is 0 Å². The average Bonchev–Trinajstić information content (AvgIpc) is 3.19. The molecule has 3 aromatic carbocycles. The zero-order chi connectivity index (χ0) is 21.2. The van der Waals surface area contributed by atoms with Crippen molar-refractivity contribution in [1.82, 2.24) is 9.80 Å². The van der Waals surface area contributed by atoms with Gasteiger partial charge in [-0.25, -0.2) is 0 Å². The molecule has 1 amide bonds. The van der Waals surface area contributed by atoms with Crippen LogP contribution in [0.25, 0.3) is 10.8 Å². The summed E-state index contributed by atoms with van der Waals surface area (Å²) in [4.78, 5) is 18.1. The van der Waals surface area contributed by atoms with Gasteiger partial charge in [0, 0.05) is 25.2 Å². The molecule has 31 heavy (non-hydrogen) atoms. The number of fused-ring (bicyclic) bond motifs is 1. The quantitative estimate of drug-likeness (QED) is 0.571. The van der Waals surface area contributed by atoms with E-state index >= 15 is 0 Å². The summed E-state index contributed by atoms with van der Waals surface area (Å²) in [5.41, 5.74) is 2.33. The molecule has 3 heteroatoms. The van der Waals surface area contributed by atoms with E-state index in [9.17, 15) is 4.79 Å². The van der Waals surface area contributed by atoms with Crippen LogP contribution < -0.4 is 0 Å². The smallest absolute Gasteiger partial charge is 0.254 e. The normalized spacial score (nSPS) is 22.8. The maximum absolute atomic E-state index is 13.4. The summed E-state index contributed by atoms with van der Waals surface area (Å²) in [6.07, 6.45) is 2.48. The van der Waals surface area contributed by atoms with Crippen molar-refractivity contribution in [2.24, 2.45) is 11.8 Å². The fourth-order valence-corrected chi connectivity index (χ4v) is 5.53. The van der Waals surface area contributed by atoms with Crippen LogP contribution in [0.5, 0.6) is 0 Å². The van der Waals surface area contributed by atoms with Gasteiger partial charge in [-0.05, 0) is 66.1 Å². The van der Waals surface area contributed by atoms with Crippen molar-refractivity contribution in [2.45, 2.75) is 25.7 Å². The molecule has 5 rings (SSSR count). The number of hydrogen-bond donors (Lipinski definition) is 0. The van der Waals surface area contributed by atoms with Gasteiger partial charge in [0.25, 0.3) is 5.91 Å². The summed E-state index contributed by atoms with van der Waals surface area (Å²) in [7, 11) is 0. The van der Waals surface area contributed by atoms with Crippen molar-refractivity contribution < 1.29 is 4.79 Å². The Balaban J connectivity index is 1.21. The number of carbonyl (C=O) groups is 1. The third-order valence-corrected chi connectivity index (χ3v) is 7.43. The lowest BCUT2D eigenvalue weighted by Gasteiger charge is -2.34. The summed E-state index contributed by atoms with van der Waals surface area (Å²) < 4.78 is 0. The van der Waals surface area contributed by atoms with Gasteiger partial charge in [0.05, 0.1) is 0 Å². The first-order valence-corrected chi connectivity index (χ1v) is 11.7. The predicted molar refractivity (Wildman–Crippen MR) is 127 cm³/mol. The van der Waals surface area contributed by atoms with Gasteiger partial charge in [0.2, 0.25) is 0 Å². The maximum Gasteiger partial charge on any atom is 0.254 e. The Bertz CT molecular complexity index is 1030. The second-order valence-electron chi connectivity index (χ2n) is 9.46. The van der Waals surface area contributed by atoms with Crippen LogP contribution in [-0.2, 0) is 0 Å². The highest BCUT2D eigenvalue weighted by molar-refractivity contribution is 6.07. The molecule has 0 N–H and O–H groups in total. The molecule has 2 heterocycles. The van der Waals surface area contributed by atoms with Gasteiger partial charge in [-0.15, -0.1) is 0 Å². The molecule has 0 saturated carbocycles. The minimum absolute atomic E-state index is 0.189. The highest BCUT2D eigenvalue weighted by Crippen LogP contribution is 2.31. The van der Waals surface area contributed by atoms with E-state index in [1.54, 1.807) is 0 Å². The van der Waals surface area contributed by atoms with Crippen molar-refractivity contribution in [3.05, 3.63) is 83.9 Å². The van der Waals surface area contributed by atoms with Crippen LogP contribution in [0.3, 0.4) is 0 Å². The predicted octanol–water partition coefficient (Wildman–Crippen LogP) is 5.43. The number of carbonyl (C=O) groups excluding carboxylic acids is 1. The van der Waals surface area contributed by atoms with Crippen LogP contribution in [0, 0.1) is 11.8 Å². The third-order valence-electron chi connectivity index (χ3n) is 7.43. The summed E-state index contributed by atoms with van der Waals surface area (Å²) in [6, 6.07) is 25.2. The van der Waals surface area contributed by atoms with Crippen molar-refractivity contribution >= 4 is 16.7 Å². The molecule has 2 atom stereocenters. The highest BCUT2D eigenvalue weighted by Gasteiger charge is 2.35. The fourth-order valence-electron chi connectivity index (χ4n) is 5.53. The molecule has 2 fully saturated rings. The highest BCUT2D eigenvalue weighted by atomic mass is 16.2. The number of hydrogen-bond acceptors (Lipinski definition) is 2. The Labute approximate surface area is 185 Å². The van der Waals surface area contributed by atoms with E-state index in [-0.39, 0.29) is 5.91 Å². The average molecular weight is 413 g/mol. The van der Waals surface area contributed by atoms with Gasteiger partial charge in [0.1, 0.15) is 0 Å². The van der Waals surface area contributed by atoms with Crippen LogP contribution in [0.15, 0.2) is 72.8 Å². The fraction of sp³-hybridized carbons (Fsp3) is 0.393. The number of rotatable bonds is 4. The molecule has 2 aliphatic heterocycles. The molecule has 2 saturated heterocycles. The third kappa shape index (κ3) is 4.24. The second-order valence-corrected chi connectivity index (χ2v) is 9.46. The lowest BCUT2D eigenvalue weighted by atomic mass is 9.88. The minimum Gasteiger partial charge on any atom is -0.338 e. The molecule has 0 spiro atoms. The Hall–Kier alpha value is -2.65. The van der Waals surface area contributed by atoms with E-state index in [4.69, 9.17) is 0 Å². The van der Waals surface area contributed by atoms with Crippen molar-refractivity contribution in [2.75, 3.05) is 32.7 Å². The summed E-state index contributed by atoms with van der Waals surface area (Å²) in [5.74, 6) is 2.00. The SMILES string of the molecule is CC1CN(C(=O)c2cccc3ccccc23)CC1CN1CCC(c2ccccc2)CC1. The van der Waals surface area contributed by atoms with Gasteiger partial charge in [-0.1, -0.05) is 73.7 Å². The number of nitrogens with zero attached hydrogens (tertiary/aromatic N) is 2. The van der Waals surface area contributed by atoms with E-state index in [1.807, 2.05) is 24.3 Å². The first-order valence-electron chi connectivity index (χ1n) is 11.7. The standard InChI is InChI=1S/C28H32N2O/c1-21-18-30(28(31)27-13-7-11-24-10-5-6-12-26(24)27)20-25(21)19-29-16-14-23(15-17-29)22-8-3-2-4-9-22/h2-13,21,23,25H,14-20H2,1H3. The summed E-state index contributed by atoms with van der Waals surface area (Å²) in [6.45, 7) is 7.51. The monoisotopic (exact) mass is 412 g/mol.